The maximum absolute atomic E-state index is 13.1. The van der Waals surface area contributed by atoms with Crippen molar-refractivity contribution < 1.29 is 14.3 Å². The lowest BCUT2D eigenvalue weighted by molar-refractivity contribution is -0.144. The highest BCUT2D eigenvalue weighted by Gasteiger charge is 2.17. The van der Waals surface area contributed by atoms with Crippen molar-refractivity contribution in [1.29, 1.82) is 0 Å². The van der Waals surface area contributed by atoms with Crippen LogP contribution in [0.5, 0.6) is 0 Å². The summed E-state index contributed by atoms with van der Waals surface area (Å²) in [4.78, 5) is 29.5. The first kappa shape index (κ1) is 25.9. The van der Waals surface area contributed by atoms with Crippen LogP contribution in [-0.4, -0.2) is 29.2 Å². The third-order valence-corrected chi connectivity index (χ3v) is 7.04. The van der Waals surface area contributed by atoms with E-state index in [1.807, 2.05) is 44.2 Å². The molecule has 34 heavy (non-hydrogen) atoms. The van der Waals surface area contributed by atoms with Crippen molar-refractivity contribution in [3.8, 4) is 0 Å². The molecule has 2 aromatic carbocycles. The van der Waals surface area contributed by atoms with Crippen LogP contribution in [0, 0.1) is 19.8 Å². The maximum atomic E-state index is 13.1. The summed E-state index contributed by atoms with van der Waals surface area (Å²) >= 11 is 1.58. The van der Waals surface area contributed by atoms with Crippen LogP contribution < -0.4 is 5.32 Å². The van der Waals surface area contributed by atoms with Gasteiger partial charge in [0.25, 0.3) is 5.91 Å². The number of H-pyrrole nitrogens is 1. The molecular formula is C28H36N2O3S. The van der Waals surface area contributed by atoms with E-state index in [-0.39, 0.29) is 11.9 Å². The first-order valence-corrected chi connectivity index (χ1v) is 13.2. The summed E-state index contributed by atoms with van der Waals surface area (Å²) in [6.07, 6.45) is 6.58. The monoisotopic (exact) mass is 480 g/mol. The summed E-state index contributed by atoms with van der Waals surface area (Å²) in [7, 11) is 0. The molecule has 0 aliphatic heterocycles. The Labute approximate surface area is 207 Å². The molecule has 0 saturated carbocycles. The highest BCUT2D eigenvalue weighted by molar-refractivity contribution is 7.99. The topological polar surface area (TPSA) is 71.2 Å². The van der Waals surface area contributed by atoms with Gasteiger partial charge in [0.2, 0.25) is 0 Å². The van der Waals surface area contributed by atoms with Crippen molar-refractivity contribution in [1.82, 2.24) is 4.98 Å². The summed E-state index contributed by atoms with van der Waals surface area (Å²) in [5.41, 5.74) is 4.50. The first-order valence-electron chi connectivity index (χ1n) is 12.2. The van der Waals surface area contributed by atoms with Crippen molar-refractivity contribution in [2.75, 3.05) is 17.7 Å². The lowest BCUT2D eigenvalue weighted by Crippen LogP contribution is -2.14. The second-order valence-corrected chi connectivity index (χ2v) is 10.0. The summed E-state index contributed by atoms with van der Waals surface area (Å²) < 4.78 is 5.53. The lowest BCUT2D eigenvalue weighted by Gasteiger charge is -2.14. The fourth-order valence-corrected chi connectivity index (χ4v) is 5.15. The fraction of sp³-hybridized carbons (Fsp3) is 0.429. The van der Waals surface area contributed by atoms with Gasteiger partial charge in [0.1, 0.15) is 0 Å². The Hall–Kier alpha value is -2.73. The number of benzene rings is 2. The van der Waals surface area contributed by atoms with Gasteiger partial charge in [-0.15, -0.1) is 11.8 Å². The number of thioether (sulfide) groups is 1. The summed E-state index contributed by atoms with van der Waals surface area (Å²) in [5.74, 6) is 0.744. The molecule has 0 aliphatic rings. The Morgan fingerprint density at radius 2 is 1.88 bits per heavy atom. The molecule has 5 nitrogen and oxygen atoms in total. The molecule has 1 heterocycles. The standard InChI is InChI=1S/C28H36N2O3S/c1-5-7-9-21(6-2)18-33-26(31)12-13-34-25-11-8-10-24-27(25)23(17-29-24)28(32)30-22-15-19(3)14-20(4)16-22/h8,10-11,14-17,21,29H,5-7,9,12-13,18H2,1-4H3,(H,30,32). The number of hydrogen-bond donors (Lipinski definition) is 2. The molecule has 1 aromatic heterocycles. The number of esters is 1. The van der Waals surface area contributed by atoms with E-state index in [2.05, 4.69) is 30.2 Å². The van der Waals surface area contributed by atoms with Gasteiger partial charge >= 0.3 is 5.97 Å². The first-order chi connectivity index (χ1) is 16.4. The molecule has 0 bridgehead atoms. The van der Waals surface area contributed by atoms with Crippen molar-refractivity contribution in [3.05, 3.63) is 59.3 Å². The van der Waals surface area contributed by atoms with E-state index in [0.29, 0.717) is 30.3 Å². The van der Waals surface area contributed by atoms with Crippen molar-refractivity contribution in [2.45, 2.75) is 64.7 Å². The summed E-state index contributed by atoms with van der Waals surface area (Å²) in [5, 5.41) is 3.91. The average Bonchev–Trinajstić information content (AvgIpc) is 3.24. The average molecular weight is 481 g/mol. The molecule has 182 valence electrons. The Kier molecular flexibility index (Phi) is 9.63. The molecule has 0 saturated heterocycles. The molecule has 1 amide bonds. The van der Waals surface area contributed by atoms with Gasteiger partial charge in [0.05, 0.1) is 18.6 Å². The molecule has 0 fully saturated rings. The molecule has 0 aliphatic carbocycles. The largest absolute Gasteiger partial charge is 0.465 e. The zero-order valence-corrected chi connectivity index (χ0v) is 21.5. The van der Waals surface area contributed by atoms with E-state index in [1.165, 1.54) is 6.42 Å². The third-order valence-electron chi connectivity index (χ3n) is 5.98. The van der Waals surface area contributed by atoms with Gasteiger partial charge in [0, 0.05) is 33.4 Å². The number of aryl methyl sites for hydroxylation is 2. The minimum atomic E-state index is -0.156. The number of nitrogens with one attached hydrogen (secondary N) is 2. The molecule has 0 radical (unpaired) electrons. The number of aromatic amines is 1. The minimum absolute atomic E-state index is 0.151. The number of unbranched alkanes of at least 4 members (excludes halogenated alkanes) is 1. The zero-order valence-electron chi connectivity index (χ0n) is 20.7. The predicted molar refractivity (Wildman–Crippen MR) is 142 cm³/mol. The Balaban J connectivity index is 1.62. The number of fused-ring (bicyclic) bond motifs is 1. The molecule has 6 heteroatoms. The van der Waals surface area contributed by atoms with Crippen LogP contribution in [0.3, 0.4) is 0 Å². The summed E-state index contributed by atoms with van der Waals surface area (Å²) in [6, 6.07) is 11.9. The van der Waals surface area contributed by atoms with Crippen LogP contribution in [-0.2, 0) is 9.53 Å². The van der Waals surface area contributed by atoms with E-state index >= 15 is 0 Å². The normalized spacial score (nSPS) is 12.0. The SMILES string of the molecule is CCCCC(CC)COC(=O)CCSc1cccc2[nH]cc(C(=O)Nc3cc(C)cc(C)c3)c12. The maximum Gasteiger partial charge on any atom is 0.306 e. The molecule has 1 atom stereocenters. The second-order valence-electron chi connectivity index (χ2n) is 8.91. The second kappa shape index (κ2) is 12.7. The van der Waals surface area contributed by atoms with Gasteiger partial charge in [-0.25, -0.2) is 0 Å². The number of carbonyl (C=O) groups is 2. The van der Waals surface area contributed by atoms with Gasteiger partial charge in [-0.3, -0.25) is 9.59 Å². The van der Waals surface area contributed by atoms with Crippen molar-refractivity contribution >= 4 is 40.2 Å². The van der Waals surface area contributed by atoms with Crippen LogP contribution in [0.15, 0.2) is 47.5 Å². The van der Waals surface area contributed by atoms with E-state index in [0.717, 1.165) is 51.9 Å². The predicted octanol–water partition coefficient (Wildman–Crippen LogP) is 7.28. The number of rotatable bonds is 12. The Morgan fingerprint density at radius 3 is 2.59 bits per heavy atom. The zero-order chi connectivity index (χ0) is 24.5. The number of anilines is 1. The minimum Gasteiger partial charge on any atom is -0.465 e. The molecule has 2 N–H and O–H groups in total. The van der Waals surface area contributed by atoms with Crippen LogP contribution >= 0.6 is 11.8 Å². The van der Waals surface area contributed by atoms with E-state index in [4.69, 9.17) is 4.74 Å². The quantitative estimate of drug-likeness (QED) is 0.211. The van der Waals surface area contributed by atoms with Gasteiger partial charge < -0.3 is 15.0 Å². The Bertz CT molecular complexity index is 1100. The fourth-order valence-electron chi connectivity index (χ4n) is 4.12. The molecule has 0 spiro atoms. The number of hydrogen-bond acceptors (Lipinski definition) is 4. The number of amides is 1. The molecule has 3 aromatic rings. The Morgan fingerprint density at radius 1 is 1.12 bits per heavy atom. The highest BCUT2D eigenvalue weighted by atomic mass is 32.2. The third kappa shape index (κ3) is 7.13. The highest BCUT2D eigenvalue weighted by Crippen LogP contribution is 2.31. The van der Waals surface area contributed by atoms with Gasteiger partial charge in [-0.1, -0.05) is 45.2 Å². The van der Waals surface area contributed by atoms with Gasteiger partial charge in [-0.2, -0.15) is 0 Å². The molecular weight excluding hydrogens is 444 g/mol. The van der Waals surface area contributed by atoms with Crippen LogP contribution in [0.4, 0.5) is 5.69 Å². The number of ether oxygens (including phenoxy) is 1. The number of carbonyl (C=O) groups excluding carboxylic acids is 2. The van der Waals surface area contributed by atoms with Crippen LogP contribution in [0.25, 0.3) is 10.9 Å². The van der Waals surface area contributed by atoms with Gasteiger partial charge in [-0.05, 0) is 61.6 Å². The molecule has 3 rings (SSSR count). The van der Waals surface area contributed by atoms with Crippen molar-refractivity contribution in [3.63, 3.8) is 0 Å². The van der Waals surface area contributed by atoms with E-state index in [1.54, 1.807) is 18.0 Å². The van der Waals surface area contributed by atoms with Crippen LogP contribution in [0.2, 0.25) is 0 Å². The van der Waals surface area contributed by atoms with Crippen molar-refractivity contribution in [2.24, 2.45) is 5.92 Å². The van der Waals surface area contributed by atoms with Crippen LogP contribution in [0.1, 0.15) is 67.4 Å². The molecule has 1 unspecified atom stereocenters. The van der Waals surface area contributed by atoms with Gasteiger partial charge in [0.15, 0.2) is 0 Å². The lowest BCUT2D eigenvalue weighted by atomic mass is 10.0. The van der Waals surface area contributed by atoms with E-state index < -0.39 is 0 Å². The summed E-state index contributed by atoms with van der Waals surface area (Å²) in [6.45, 7) is 8.87. The number of aromatic nitrogens is 1. The smallest absolute Gasteiger partial charge is 0.306 e. The van der Waals surface area contributed by atoms with E-state index in [9.17, 15) is 9.59 Å².